The number of hydrogen-bond acceptors (Lipinski definition) is 5. The molecule has 6 nitrogen and oxygen atoms in total. The van der Waals surface area contributed by atoms with E-state index in [9.17, 15) is 0 Å². The van der Waals surface area contributed by atoms with Crippen LogP contribution in [0.5, 0.6) is 5.75 Å². The smallest absolute Gasteiger partial charge is 0.208 e. The molecule has 0 saturated heterocycles. The number of aryl methyl sites for hydroxylation is 1. The van der Waals surface area contributed by atoms with Crippen molar-refractivity contribution in [3.63, 3.8) is 0 Å². The van der Waals surface area contributed by atoms with E-state index in [-0.39, 0.29) is 6.04 Å². The second kappa shape index (κ2) is 9.45. The topological polar surface area (TPSA) is 105 Å². The van der Waals surface area contributed by atoms with E-state index in [1.54, 1.807) is 7.11 Å². The SMILES string of the molecule is COc1ccc(C(c2ccc(C)cc2)[n+]2ccccc2)cc1.[O-][Cl+3]([O-])([O-])[O-]. The molecule has 2 aromatic carbocycles. The molecule has 0 aliphatic carbocycles. The molecule has 0 bridgehead atoms. The highest BCUT2D eigenvalue weighted by Gasteiger charge is 2.22. The summed E-state index contributed by atoms with van der Waals surface area (Å²) in [6.45, 7) is 2.11. The third-order valence-electron chi connectivity index (χ3n) is 3.86. The summed E-state index contributed by atoms with van der Waals surface area (Å²) in [7, 11) is -3.25. The first-order chi connectivity index (χ1) is 12.8. The summed E-state index contributed by atoms with van der Waals surface area (Å²) in [6, 6.07) is 23.3. The van der Waals surface area contributed by atoms with Crippen molar-refractivity contribution in [3.05, 3.63) is 95.8 Å². The van der Waals surface area contributed by atoms with E-state index in [1.807, 2.05) is 18.2 Å². The van der Waals surface area contributed by atoms with E-state index in [0.29, 0.717) is 0 Å². The van der Waals surface area contributed by atoms with Crippen molar-refractivity contribution in [1.29, 1.82) is 0 Å². The molecule has 0 spiro atoms. The van der Waals surface area contributed by atoms with Gasteiger partial charge in [0.1, 0.15) is 5.75 Å². The molecule has 0 aliphatic rings. The van der Waals surface area contributed by atoms with Crippen molar-refractivity contribution in [3.8, 4) is 5.75 Å². The third-order valence-corrected chi connectivity index (χ3v) is 3.86. The number of hydrogen-bond donors (Lipinski definition) is 0. The lowest BCUT2D eigenvalue weighted by molar-refractivity contribution is -2.00. The molecule has 142 valence electrons. The quantitative estimate of drug-likeness (QED) is 0.542. The maximum Gasteiger partial charge on any atom is 0.208 e. The van der Waals surface area contributed by atoms with Crippen LogP contribution in [0.1, 0.15) is 22.7 Å². The van der Waals surface area contributed by atoms with Gasteiger partial charge in [0.2, 0.25) is 6.04 Å². The number of halogens is 1. The zero-order valence-electron chi connectivity index (χ0n) is 14.9. The molecule has 0 radical (unpaired) electrons. The molecular weight excluding hydrogens is 370 g/mol. The van der Waals surface area contributed by atoms with E-state index in [2.05, 4.69) is 72.4 Å². The lowest BCUT2D eigenvalue weighted by Crippen LogP contribution is -2.68. The summed E-state index contributed by atoms with van der Waals surface area (Å²) in [6.07, 6.45) is 4.21. The first kappa shape index (κ1) is 20.8. The molecule has 3 rings (SSSR count). The summed E-state index contributed by atoms with van der Waals surface area (Å²) >= 11 is 0. The fourth-order valence-electron chi connectivity index (χ4n) is 2.66. The average Bonchev–Trinajstić information content (AvgIpc) is 2.64. The molecule has 0 fully saturated rings. The van der Waals surface area contributed by atoms with Crippen LogP contribution in [0.15, 0.2) is 79.1 Å². The van der Waals surface area contributed by atoms with E-state index in [4.69, 9.17) is 23.4 Å². The van der Waals surface area contributed by atoms with Crippen LogP contribution in [0.2, 0.25) is 0 Å². The van der Waals surface area contributed by atoms with E-state index in [0.717, 1.165) is 5.75 Å². The van der Waals surface area contributed by atoms with Crippen LogP contribution in [-0.2, 0) is 0 Å². The average molecular weight is 390 g/mol. The highest BCUT2D eigenvalue weighted by molar-refractivity contribution is 5.35. The Kier molecular flexibility index (Phi) is 7.29. The lowest BCUT2D eigenvalue weighted by atomic mass is 9.97. The summed E-state index contributed by atoms with van der Waals surface area (Å²) in [5, 5.41) is 0. The minimum atomic E-state index is -4.94. The lowest BCUT2D eigenvalue weighted by Gasteiger charge is -2.17. The van der Waals surface area contributed by atoms with Crippen LogP contribution in [0, 0.1) is 17.2 Å². The molecule has 0 aliphatic heterocycles. The molecule has 0 N–H and O–H groups in total. The molecule has 1 atom stereocenters. The molecule has 0 saturated carbocycles. The molecule has 1 heterocycles. The summed E-state index contributed by atoms with van der Waals surface area (Å²) in [5.41, 5.74) is 3.78. The van der Waals surface area contributed by atoms with E-state index >= 15 is 0 Å². The fourth-order valence-corrected chi connectivity index (χ4v) is 2.66. The standard InChI is InChI=1S/C20H20NO.ClHO4/c1-16-6-8-17(9-7-16)20(21-14-4-3-5-15-21)18-10-12-19(22-2)13-11-18;2-1(3,4)5/h3-15,20H,1-2H3;(H,2,3,4,5)/q+1;/p-1. The predicted molar refractivity (Wildman–Crippen MR) is 88.1 cm³/mol. The maximum atomic E-state index is 8.49. The molecular formula is C20H20ClNO5. The number of rotatable bonds is 4. The van der Waals surface area contributed by atoms with Crippen LogP contribution in [0.3, 0.4) is 0 Å². The van der Waals surface area contributed by atoms with Gasteiger partial charge in [-0.25, -0.2) is 18.6 Å². The van der Waals surface area contributed by atoms with Gasteiger partial charge in [-0.15, -0.1) is 10.2 Å². The second-order valence-electron chi connectivity index (χ2n) is 5.79. The van der Waals surface area contributed by atoms with Gasteiger partial charge in [-0.2, -0.15) is 4.57 Å². The van der Waals surface area contributed by atoms with Crippen LogP contribution >= 0.6 is 0 Å². The van der Waals surface area contributed by atoms with Gasteiger partial charge in [-0.1, -0.05) is 35.9 Å². The highest BCUT2D eigenvalue weighted by Crippen LogP contribution is 2.24. The molecule has 7 heteroatoms. The molecule has 0 amide bonds. The minimum Gasteiger partial charge on any atom is -0.497 e. The van der Waals surface area contributed by atoms with Crippen molar-refractivity contribution in [2.24, 2.45) is 0 Å². The van der Waals surface area contributed by atoms with Gasteiger partial charge in [-0.05, 0) is 31.2 Å². The monoisotopic (exact) mass is 389 g/mol. The van der Waals surface area contributed by atoms with Gasteiger partial charge in [0, 0.05) is 23.3 Å². The van der Waals surface area contributed by atoms with Crippen LogP contribution in [0.4, 0.5) is 0 Å². The first-order valence-corrected chi connectivity index (χ1v) is 9.29. The Labute approximate surface area is 160 Å². The van der Waals surface area contributed by atoms with Crippen molar-refractivity contribution in [2.45, 2.75) is 13.0 Å². The molecule has 3 aromatic rings. The van der Waals surface area contributed by atoms with Crippen molar-refractivity contribution < 1.29 is 38.2 Å². The van der Waals surface area contributed by atoms with Crippen LogP contribution < -0.4 is 27.9 Å². The van der Waals surface area contributed by atoms with E-state index in [1.165, 1.54) is 16.7 Å². The highest BCUT2D eigenvalue weighted by atomic mass is 35.7. The molecule has 1 unspecified atom stereocenters. The summed E-state index contributed by atoms with van der Waals surface area (Å²) in [5.74, 6) is 0.879. The van der Waals surface area contributed by atoms with Gasteiger partial charge in [0.05, 0.1) is 7.11 Å². The van der Waals surface area contributed by atoms with Gasteiger partial charge in [0.15, 0.2) is 12.4 Å². The summed E-state index contributed by atoms with van der Waals surface area (Å²) < 4.78 is 41.5. The first-order valence-electron chi connectivity index (χ1n) is 8.06. The molecule has 27 heavy (non-hydrogen) atoms. The number of ether oxygens (including phenoxy) is 1. The fraction of sp³-hybridized carbons (Fsp3) is 0.150. The number of pyridine rings is 1. The molecule has 1 aromatic heterocycles. The Hall–Kier alpha value is -2.48. The summed E-state index contributed by atoms with van der Waals surface area (Å²) in [4.78, 5) is 0. The number of nitrogens with zero attached hydrogens (tertiary/aromatic N) is 1. The Morgan fingerprint density at radius 3 is 1.67 bits per heavy atom. The van der Waals surface area contributed by atoms with Crippen molar-refractivity contribution in [1.82, 2.24) is 0 Å². The van der Waals surface area contributed by atoms with Crippen molar-refractivity contribution in [2.75, 3.05) is 7.11 Å². The number of methoxy groups -OCH3 is 1. The predicted octanol–water partition coefficient (Wildman–Crippen LogP) is -0.827. The largest absolute Gasteiger partial charge is 0.497 e. The Morgan fingerprint density at radius 2 is 1.22 bits per heavy atom. The Balaban J connectivity index is 0.000000465. The number of benzene rings is 2. The van der Waals surface area contributed by atoms with Gasteiger partial charge < -0.3 is 4.74 Å². The van der Waals surface area contributed by atoms with E-state index < -0.39 is 10.2 Å². The zero-order chi connectivity index (χ0) is 19.9. The Bertz CT molecular complexity index is 812. The van der Waals surface area contributed by atoms with Gasteiger partial charge in [0.25, 0.3) is 0 Å². The second-order valence-corrected chi connectivity index (χ2v) is 6.54. The van der Waals surface area contributed by atoms with Crippen LogP contribution in [-0.4, -0.2) is 7.11 Å². The van der Waals surface area contributed by atoms with Crippen LogP contribution in [0.25, 0.3) is 0 Å². The Morgan fingerprint density at radius 1 is 0.778 bits per heavy atom. The normalized spacial score (nSPS) is 11.9. The third kappa shape index (κ3) is 6.97. The van der Waals surface area contributed by atoms with Crippen molar-refractivity contribution >= 4 is 0 Å². The van der Waals surface area contributed by atoms with Gasteiger partial charge in [-0.3, -0.25) is 0 Å². The maximum absolute atomic E-state index is 8.49. The zero-order valence-corrected chi connectivity index (χ0v) is 15.7. The number of aromatic nitrogens is 1. The minimum absolute atomic E-state index is 0.160. The van der Waals surface area contributed by atoms with Gasteiger partial charge >= 0.3 is 0 Å².